The molecule has 1 heterocycles. The topological polar surface area (TPSA) is 76.1 Å². The minimum atomic E-state index is -0.789. The molecule has 3 aromatic rings. The molecule has 0 saturated carbocycles. The number of benzene rings is 3. The van der Waals surface area contributed by atoms with Gasteiger partial charge in [-0.25, -0.2) is 0 Å². The van der Waals surface area contributed by atoms with Crippen molar-refractivity contribution in [3.05, 3.63) is 95.1 Å². The number of carbonyl (C=O) groups is 2. The fourth-order valence-electron chi connectivity index (χ4n) is 4.58. The van der Waals surface area contributed by atoms with Crippen molar-refractivity contribution >= 4 is 23.1 Å². The third-order valence-electron chi connectivity index (χ3n) is 6.48. The quantitative estimate of drug-likeness (QED) is 0.147. The molecule has 1 amide bonds. The molecular weight excluding hydrogens is 466 g/mol. The van der Waals surface area contributed by atoms with Crippen molar-refractivity contribution in [1.82, 2.24) is 0 Å². The molecule has 6 heteroatoms. The van der Waals surface area contributed by atoms with Gasteiger partial charge in [-0.3, -0.25) is 14.5 Å². The van der Waals surface area contributed by atoms with E-state index in [0.29, 0.717) is 36.0 Å². The van der Waals surface area contributed by atoms with Crippen molar-refractivity contribution in [3.8, 4) is 11.5 Å². The van der Waals surface area contributed by atoms with Gasteiger partial charge in [-0.2, -0.15) is 0 Å². The van der Waals surface area contributed by atoms with Crippen molar-refractivity contribution in [2.75, 3.05) is 18.1 Å². The summed E-state index contributed by atoms with van der Waals surface area (Å²) in [5.74, 6) is -0.351. The molecule has 192 valence electrons. The molecule has 1 fully saturated rings. The summed E-state index contributed by atoms with van der Waals surface area (Å²) in [6.07, 6.45) is 3.19. The number of amides is 1. The van der Waals surface area contributed by atoms with Crippen LogP contribution >= 0.6 is 0 Å². The molecule has 6 nitrogen and oxygen atoms in total. The van der Waals surface area contributed by atoms with E-state index in [4.69, 9.17) is 9.47 Å². The van der Waals surface area contributed by atoms with E-state index in [0.717, 1.165) is 30.4 Å². The van der Waals surface area contributed by atoms with E-state index < -0.39 is 17.7 Å². The normalized spacial score (nSPS) is 16.7. The first-order valence-electron chi connectivity index (χ1n) is 12.8. The van der Waals surface area contributed by atoms with Crippen molar-refractivity contribution in [2.45, 2.75) is 46.1 Å². The van der Waals surface area contributed by atoms with Crippen molar-refractivity contribution in [1.29, 1.82) is 0 Å². The van der Waals surface area contributed by atoms with Crippen LogP contribution in [0.2, 0.25) is 0 Å². The number of anilines is 1. The third kappa shape index (κ3) is 5.53. The lowest BCUT2D eigenvalue weighted by molar-refractivity contribution is -0.132. The Kier molecular flexibility index (Phi) is 8.29. The van der Waals surface area contributed by atoms with Crippen LogP contribution in [0.3, 0.4) is 0 Å². The molecule has 0 aromatic heterocycles. The smallest absolute Gasteiger partial charge is 0.300 e. The number of aryl methyl sites for hydroxylation is 1. The lowest BCUT2D eigenvalue weighted by atomic mass is 9.92. The van der Waals surface area contributed by atoms with E-state index in [1.165, 1.54) is 4.90 Å². The van der Waals surface area contributed by atoms with E-state index in [1.807, 2.05) is 38.1 Å². The number of ether oxygens (including phenoxy) is 2. The molecule has 1 aliphatic heterocycles. The molecule has 0 bridgehead atoms. The fraction of sp³-hybridized carbons (Fsp3) is 0.290. The lowest BCUT2D eigenvalue weighted by Gasteiger charge is -2.27. The molecule has 0 aliphatic carbocycles. The Morgan fingerprint density at radius 1 is 0.892 bits per heavy atom. The molecule has 4 rings (SSSR count). The summed E-state index contributed by atoms with van der Waals surface area (Å²) in [5, 5.41) is 11.4. The number of ketones is 1. The van der Waals surface area contributed by atoms with Gasteiger partial charge in [0.05, 0.1) is 24.8 Å². The number of carbonyl (C=O) groups excluding carboxylic acids is 2. The average molecular weight is 500 g/mol. The van der Waals surface area contributed by atoms with Crippen LogP contribution in [-0.4, -0.2) is 30.0 Å². The Morgan fingerprint density at radius 3 is 2.35 bits per heavy atom. The van der Waals surface area contributed by atoms with Gasteiger partial charge in [0.2, 0.25) is 0 Å². The molecule has 1 unspecified atom stereocenters. The van der Waals surface area contributed by atoms with Crippen LogP contribution in [0, 0.1) is 6.92 Å². The molecule has 1 saturated heterocycles. The Bertz CT molecular complexity index is 1290. The number of rotatable bonds is 10. The van der Waals surface area contributed by atoms with Gasteiger partial charge in [-0.1, -0.05) is 50.1 Å². The zero-order valence-corrected chi connectivity index (χ0v) is 21.6. The Morgan fingerprint density at radius 2 is 1.65 bits per heavy atom. The highest BCUT2D eigenvalue weighted by molar-refractivity contribution is 6.51. The molecular formula is C31H33NO5. The largest absolute Gasteiger partial charge is 0.507 e. The van der Waals surface area contributed by atoms with Crippen LogP contribution in [-0.2, 0) is 9.59 Å². The van der Waals surface area contributed by atoms with E-state index in [-0.39, 0.29) is 11.3 Å². The van der Waals surface area contributed by atoms with Crippen LogP contribution in [0.5, 0.6) is 11.5 Å². The maximum atomic E-state index is 13.4. The molecule has 37 heavy (non-hydrogen) atoms. The zero-order chi connectivity index (χ0) is 26.4. The number of unbranched alkanes of at least 4 members (excludes halogenated alkanes) is 2. The molecule has 0 spiro atoms. The maximum Gasteiger partial charge on any atom is 0.300 e. The second-order valence-electron chi connectivity index (χ2n) is 9.04. The first kappa shape index (κ1) is 26.0. The van der Waals surface area contributed by atoms with E-state index in [1.54, 1.807) is 48.5 Å². The summed E-state index contributed by atoms with van der Waals surface area (Å²) in [6.45, 7) is 7.05. The van der Waals surface area contributed by atoms with Gasteiger partial charge >= 0.3 is 0 Å². The minimum absolute atomic E-state index is 0.0535. The van der Waals surface area contributed by atoms with Crippen LogP contribution in [0.4, 0.5) is 5.69 Å². The summed E-state index contributed by atoms with van der Waals surface area (Å²) in [4.78, 5) is 28.3. The number of hydrogen-bond donors (Lipinski definition) is 1. The summed E-state index contributed by atoms with van der Waals surface area (Å²) in [6, 6.07) is 20.8. The summed E-state index contributed by atoms with van der Waals surface area (Å²) in [5.41, 5.74) is 2.69. The summed E-state index contributed by atoms with van der Waals surface area (Å²) in [7, 11) is 0. The summed E-state index contributed by atoms with van der Waals surface area (Å²) < 4.78 is 11.4. The minimum Gasteiger partial charge on any atom is -0.507 e. The van der Waals surface area contributed by atoms with Crippen LogP contribution in [0.25, 0.3) is 5.76 Å². The number of Topliss-reactive ketones (excluding diaryl/α,β-unsaturated/α-hetero) is 1. The van der Waals surface area contributed by atoms with Gasteiger partial charge in [-0.05, 0) is 67.8 Å². The fourth-order valence-corrected chi connectivity index (χ4v) is 4.58. The number of aliphatic hydroxyl groups is 1. The number of nitrogens with zero attached hydrogens (tertiary/aromatic N) is 1. The highest BCUT2D eigenvalue weighted by Crippen LogP contribution is 2.43. The van der Waals surface area contributed by atoms with Crippen LogP contribution < -0.4 is 14.4 Å². The Labute approximate surface area is 218 Å². The van der Waals surface area contributed by atoms with Gasteiger partial charge in [0.15, 0.2) is 0 Å². The first-order chi connectivity index (χ1) is 18.0. The highest BCUT2D eigenvalue weighted by Gasteiger charge is 2.47. The van der Waals surface area contributed by atoms with Crippen LogP contribution in [0.1, 0.15) is 55.8 Å². The van der Waals surface area contributed by atoms with Crippen molar-refractivity contribution in [2.24, 2.45) is 0 Å². The lowest BCUT2D eigenvalue weighted by Crippen LogP contribution is -2.29. The van der Waals surface area contributed by atoms with E-state index in [9.17, 15) is 14.7 Å². The predicted octanol–water partition coefficient (Wildman–Crippen LogP) is 6.59. The number of hydrogen-bond acceptors (Lipinski definition) is 5. The van der Waals surface area contributed by atoms with Gasteiger partial charge < -0.3 is 14.6 Å². The second-order valence-corrected chi connectivity index (χ2v) is 9.04. The zero-order valence-electron chi connectivity index (χ0n) is 21.6. The second kappa shape index (κ2) is 11.8. The highest BCUT2D eigenvalue weighted by atomic mass is 16.5. The van der Waals surface area contributed by atoms with Gasteiger partial charge in [-0.15, -0.1) is 0 Å². The maximum absolute atomic E-state index is 13.4. The van der Waals surface area contributed by atoms with Gasteiger partial charge in [0.1, 0.15) is 17.3 Å². The molecule has 1 atom stereocenters. The summed E-state index contributed by atoms with van der Waals surface area (Å²) >= 11 is 0. The van der Waals surface area contributed by atoms with Crippen molar-refractivity contribution < 1.29 is 24.2 Å². The Balaban J connectivity index is 1.77. The molecule has 1 aliphatic rings. The number of aliphatic hydroxyl groups excluding tert-OH is 1. The van der Waals surface area contributed by atoms with Crippen molar-refractivity contribution in [3.63, 3.8) is 0 Å². The van der Waals surface area contributed by atoms with E-state index in [2.05, 4.69) is 6.92 Å². The average Bonchev–Trinajstić information content (AvgIpc) is 3.17. The van der Waals surface area contributed by atoms with Crippen LogP contribution in [0.15, 0.2) is 78.4 Å². The molecule has 1 N–H and O–H groups in total. The Hall–Kier alpha value is -4.06. The first-order valence-corrected chi connectivity index (χ1v) is 12.8. The molecule has 3 aromatic carbocycles. The monoisotopic (exact) mass is 499 g/mol. The van der Waals surface area contributed by atoms with Gasteiger partial charge in [0, 0.05) is 17.3 Å². The third-order valence-corrected chi connectivity index (χ3v) is 6.48. The standard InChI is InChI=1S/C31H33NO5/c1-4-6-9-19-37-24-17-15-22(16-18-24)29(33)27-28(26-14-8-7-11-21(26)3)32(31(35)30(27)34)23-12-10-13-25(20-23)36-5-2/h7-8,10-18,20,28,33H,4-6,9,19H2,1-3H3/b29-27+. The van der Waals surface area contributed by atoms with E-state index >= 15 is 0 Å². The van der Waals surface area contributed by atoms with Gasteiger partial charge in [0.25, 0.3) is 11.7 Å². The SMILES string of the molecule is CCCCCOc1ccc(/C(O)=C2\C(=O)C(=O)N(c3cccc(OCC)c3)C2c2ccccc2C)cc1. The predicted molar refractivity (Wildman–Crippen MR) is 145 cm³/mol. The molecule has 0 radical (unpaired) electrons.